The number of carboxylic acid groups (broad SMARTS) is 1. The molecule has 182 valence electrons. The van der Waals surface area contributed by atoms with Gasteiger partial charge in [0.2, 0.25) is 0 Å². The summed E-state index contributed by atoms with van der Waals surface area (Å²) in [5.41, 5.74) is 3.74. The molecule has 0 aliphatic rings. The largest absolute Gasteiger partial charge is 0.494 e. The predicted molar refractivity (Wildman–Crippen MR) is 132 cm³/mol. The first-order valence-corrected chi connectivity index (χ1v) is 12.1. The van der Waals surface area contributed by atoms with Crippen LogP contribution in [0.4, 0.5) is 5.69 Å². The lowest BCUT2D eigenvalue weighted by atomic mass is 10.1. The number of hydrogen-bond donors (Lipinski definition) is 2. The molecule has 1 amide bonds. The number of sulfonamides is 1. The lowest BCUT2D eigenvalue weighted by Crippen LogP contribution is -2.39. The molecule has 0 atom stereocenters. The van der Waals surface area contributed by atoms with Crippen LogP contribution in [0.1, 0.15) is 28.4 Å². The summed E-state index contributed by atoms with van der Waals surface area (Å²) < 4.78 is 33.2. The third-order valence-corrected chi connectivity index (χ3v) is 6.70. The van der Waals surface area contributed by atoms with Crippen LogP contribution in [0, 0.1) is 6.92 Å². The standard InChI is InChI=1S/C25H25N3O6S/c1-3-34-21-12-10-20(11-13-21)28(35(32,33)22-14-8-18(2)9-15-22)17-24(29)27-26-16-19-6-4-5-7-23(19)25(30)31/h4-16H,3,17H2,1-2H3,(H,27,29)(H,30,31)/b26-16-. The van der Waals surface area contributed by atoms with Crippen LogP contribution in [-0.4, -0.2) is 44.8 Å². The van der Waals surface area contributed by atoms with Gasteiger partial charge in [-0.15, -0.1) is 0 Å². The van der Waals surface area contributed by atoms with E-state index in [0.29, 0.717) is 12.4 Å². The van der Waals surface area contributed by atoms with Crippen LogP contribution in [0.15, 0.2) is 82.8 Å². The Bertz CT molecular complexity index is 1320. The molecule has 0 aliphatic heterocycles. The Balaban J connectivity index is 1.86. The monoisotopic (exact) mass is 495 g/mol. The molecular formula is C25H25N3O6S. The number of amides is 1. The van der Waals surface area contributed by atoms with Gasteiger partial charge in [-0.2, -0.15) is 5.10 Å². The molecule has 0 aromatic heterocycles. The molecule has 10 heteroatoms. The molecule has 0 spiro atoms. The maximum Gasteiger partial charge on any atom is 0.336 e. The van der Waals surface area contributed by atoms with Crippen molar-refractivity contribution in [2.75, 3.05) is 17.5 Å². The number of rotatable bonds is 10. The summed E-state index contributed by atoms with van der Waals surface area (Å²) in [4.78, 5) is 24.0. The first-order valence-electron chi connectivity index (χ1n) is 10.7. The highest BCUT2D eigenvalue weighted by Gasteiger charge is 2.27. The number of carbonyl (C=O) groups excluding carboxylic acids is 1. The van der Waals surface area contributed by atoms with E-state index in [2.05, 4.69) is 10.5 Å². The quantitative estimate of drug-likeness (QED) is 0.328. The summed E-state index contributed by atoms with van der Waals surface area (Å²) >= 11 is 0. The Kier molecular flexibility index (Phi) is 8.21. The predicted octanol–water partition coefficient (Wildman–Crippen LogP) is 3.44. The third-order valence-electron chi connectivity index (χ3n) is 4.92. The second-order valence-corrected chi connectivity index (χ2v) is 9.30. The number of benzene rings is 3. The van der Waals surface area contributed by atoms with E-state index in [-0.39, 0.29) is 21.7 Å². The maximum atomic E-state index is 13.4. The number of anilines is 1. The number of aromatic carboxylic acids is 1. The van der Waals surface area contributed by atoms with Crippen LogP contribution in [0.3, 0.4) is 0 Å². The van der Waals surface area contributed by atoms with E-state index >= 15 is 0 Å². The van der Waals surface area contributed by atoms with Gasteiger partial charge in [0.1, 0.15) is 12.3 Å². The van der Waals surface area contributed by atoms with Crippen molar-refractivity contribution in [2.45, 2.75) is 18.7 Å². The second kappa shape index (κ2) is 11.3. The molecule has 0 heterocycles. The van der Waals surface area contributed by atoms with Crippen molar-refractivity contribution >= 4 is 33.8 Å². The zero-order chi connectivity index (χ0) is 25.4. The minimum atomic E-state index is -4.08. The van der Waals surface area contributed by atoms with Gasteiger partial charge < -0.3 is 9.84 Å². The van der Waals surface area contributed by atoms with E-state index in [1.807, 2.05) is 13.8 Å². The summed E-state index contributed by atoms with van der Waals surface area (Å²) in [6, 6.07) is 18.8. The SMILES string of the molecule is CCOc1ccc(N(CC(=O)N/N=C\c2ccccc2C(=O)O)S(=O)(=O)c2ccc(C)cc2)cc1. The highest BCUT2D eigenvalue weighted by molar-refractivity contribution is 7.92. The van der Waals surface area contributed by atoms with Gasteiger partial charge in [-0.25, -0.2) is 18.6 Å². The van der Waals surface area contributed by atoms with Crippen molar-refractivity contribution in [3.8, 4) is 5.75 Å². The topological polar surface area (TPSA) is 125 Å². The molecule has 3 aromatic carbocycles. The molecule has 3 rings (SSSR count). The Morgan fingerprint density at radius 3 is 2.31 bits per heavy atom. The number of nitrogens with one attached hydrogen (secondary N) is 1. The fourth-order valence-electron chi connectivity index (χ4n) is 3.17. The number of ether oxygens (including phenoxy) is 1. The highest BCUT2D eigenvalue weighted by Crippen LogP contribution is 2.26. The average molecular weight is 496 g/mol. The number of hydrogen-bond acceptors (Lipinski definition) is 6. The highest BCUT2D eigenvalue weighted by atomic mass is 32.2. The molecule has 9 nitrogen and oxygen atoms in total. The molecule has 3 aromatic rings. The van der Waals surface area contributed by atoms with Crippen molar-refractivity contribution in [2.24, 2.45) is 5.10 Å². The van der Waals surface area contributed by atoms with Crippen LogP contribution in [0.25, 0.3) is 0 Å². The van der Waals surface area contributed by atoms with Gasteiger partial charge >= 0.3 is 5.97 Å². The number of carbonyl (C=O) groups is 2. The van der Waals surface area contributed by atoms with Crippen LogP contribution >= 0.6 is 0 Å². The van der Waals surface area contributed by atoms with Crippen molar-refractivity contribution in [1.82, 2.24) is 5.43 Å². The number of carboxylic acids is 1. The van der Waals surface area contributed by atoms with Gasteiger partial charge in [-0.05, 0) is 56.3 Å². The van der Waals surface area contributed by atoms with E-state index in [1.165, 1.54) is 30.5 Å². The van der Waals surface area contributed by atoms with Crippen LogP contribution in [0.2, 0.25) is 0 Å². The summed E-state index contributed by atoms with van der Waals surface area (Å²) in [5.74, 6) is -1.28. The first kappa shape index (κ1) is 25.4. The second-order valence-electron chi connectivity index (χ2n) is 7.44. The van der Waals surface area contributed by atoms with Gasteiger partial charge in [0.05, 0.1) is 29.0 Å². The Hall–Kier alpha value is -4.18. The molecule has 0 aliphatic carbocycles. The summed E-state index contributed by atoms with van der Waals surface area (Å²) in [7, 11) is -4.08. The molecule has 35 heavy (non-hydrogen) atoms. The maximum absolute atomic E-state index is 13.4. The van der Waals surface area contributed by atoms with Crippen LogP contribution in [-0.2, 0) is 14.8 Å². The zero-order valence-electron chi connectivity index (χ0n) is 19.2. The molecule has 0 fully saturated rings. The molecule has 2 N–H and O–H groups in total. The summed E-state index contributed by atoms with van der Waals surface area (Å²) in [6.07, 6.45) is 1.19. The fourth-order valence-corrected chi connectivity index (χ4v) is 4.59. The molecule has 0 saturated heterocycles. The Labute approximate surface area is 203 Å². The average Bonchev–Trinajstić information content (AvgIpc) is 2.84. The molecular weight excluding hydrogens is 470 g/mol. The first-order chi connectivity index (χ1) is 16.7. The minimum absolute atomic E-state index is 0.0171. The summed E-state index contributed by atoms with van der Waals surface area (Å²) in [6.45, 7) is 3.58. The lowest BCUT2D eigenvalue weighted by molar-refractivity contribution is -0.119. The van der Waals surface area contributed by atoms with Gasteiger partial charge in [0.25, 0.3) is 15.9 Å². The summed E-state index contributed by atoms with van der Waals surface area (Å²) in [5, 5.41) is 13.1. The van der Waals surface area contributed by atoms with Crippen molar-refractivity contribution in [3.05, 3.63) is 89.5 Å². The van der Waals surface area contributed by atoms with Crippen LogP contribution in [0.5, 0.6) is 5.75 Å². The Morgan fingerprint density at radius 1 is 1.03 bits per heavy atom. The van der Waals surface area contributed by atoms with E-state index < -0.39 is 28.4 Å². The number of hydrazone groups is 1. The zero-order valence-corrected chi connectivity index (χ0v) is 20.0. The van der Waals surface area contributed by atoms with E-state index in [9.17, 15) is 23.1 Å². The fraction of sp³-hybridized carbons (Fsp3) is 0.160. The minimum Gasteiger partial charge on any atom is -0.494 e. The molecule has 0 radical (unpaired) electrons. The Morgan fingerprint density at radius 2 is 1.69 bits per heavy atom. The molecule has 0 unspecified atom stereocenters. The van der Waals surface area contributed by atoms with E-state index in [0.717, 1.165) is 9.87 Å². The normalized spacial score (nSPS) is 11.3. The smallest absolute Gasteiger partial charge is 0.336 e. The van der Waals surface area contributed by atoms with Gasteiger partial charge in [-0.1, -0.05) is 35.9 Å². The van der Waals surface area contributed by atoms with Crippen LogP contribution < -0.4 is 14.5 Å². The van der Waals surface area contributed by atoms with Gasteiger partial charge in [-0.3, -0.25) is 9.10 Å². The molecule has 0 saturated carbocycles. The van der Waals surface area contributed by atoms with Crippen molar-refractivity contribution in [3.63, 3.8) is 0 Å². The lowest BCUT2D eigenvalue weighted by Gasteiger charge is -2.24. The third kappa shape index (κ3) is 6.45. The van der Waals surface area contributed by atoms with Crippen molar-refractivity contribution < 1.29 is 27.9 Å². The van der Waals surface area contributed by atoms with E-state index in [1.54, 1.807) is 48.5 Å². The number of aryl methyl sites for hydroxylation is 1. The van der Waals surface area contributed by atoms with E-state index in [4.69, 9.17) is 4.74 Å². The van der Waals surface area contributed by atoms with Crippen molar-refractivity contribution in [1.29, 1.82) is 0 Å². The van der Waals surface area contributed by atoms with Gasteiger partial charge in [0, 0.05) is 5.56 Å². The van der Waals surface area contributed by atoms with Gasteiger partial charge in [0.15, 0.2) is 0 Å². The molecule has 0 bridgehead atoms. The number of nitrogens with zero attached hydrogens (tertiary/aromatic N) is 2.